The zero-order valence-electron chi connectivity index (χ0n) is 12.4. The molecule has 1 aliphatic heterocycles. The van der Waals surface area contributed by atoms with E-state index in [9.17, 15) is 0 Å². The Kier molecular flexibility index (Phi) is 3.92. The predicted octanol–water partition coefficient (Wildman–Crippen LogP) is 2.61. The molecule has 2 aromatic rings. The fraction of sp³-hybridized carbons (Fsp3) is 0.562. The van der Waals surface area contributed by atoms with E-state index in [1.165, 1.54) is 17.8 Å². The van der Waals surface area contributed by atoms with Crippen LogP contribution in [-0.2, 0) is 13.0 Å². The molecule has 1 fully saturated rings. The van der Waals surface area contributed by atoms with Gasteiger partial charge in [0.1, 0.15) is 11.6 Å². The maximum Gasteiger partial charge on any atom is 0.121 e. The molecule has 1 aliphatic rings. The Morgan fingerprint density at radius 3 is 3.05 bits per heavy atom. The minimum atomic E-state index is 0.726. The van der Waals surface area contributed by atoms with Gasteiger partial charge in [-0.1, -0.05) is 6.92 Å². The molecule has 4 nitrogen and oxygen atoms in total. The van der Waals surface area contributed by atoms with Gasteiger partial charge < -0.3 is 14.6 Å². The second-order valence-electron chi connectivity index (χ2n) is 5.60. The molecule has 1 aromatic heterocycles. The highest BCUT2D eigenvalue weighted by Crippen LogP contribution is 2.24. The number of benzene rings is 1. The summed E-state index contributed by atoms with van der Waals surface area (Å²) >= 11 is 0. The van der Waals surface area contributed by atoms with Gasteiger partial charge in [-0.25, -0.2) is 4.98 Å². The van der Waals surface area contributed by atoms with Crippen LogP contribution in [0.3, 0.4) is 0 Å². The maximum absolute atomic E-state index is 5.31. The van der Waals surface area contributed by atoms with Crippen molar-refractivity contribution in [1.82, 2.24) is 14.9 Å². The molecule has 1 saturated heterocycles. The number of fused-ring (bicyclic) bond motifs is 1. The lowest BCUT2D eigenvalue weighted by molar-refractivity contribution is 0.415. The van der Waals surface area contributed by atoms with Crippen LogP contribution in [0.25, 0.3) is 11.0 Å². The topological polar surface area (TPSA) is 39.1 Å². The van der Waals surface area contributed by atoms with Crippen molar-refractivity contribution < 1.29 is 4.74 Å². The monoisotopic (exact) mass is 273 g/mol. The number of hydrogen-bond acceptors (Lipinski definition) is 3. The summed E-state index contributed by atoms with van der Waals surface area (Å²) in [5.41, 5.74) is 2.28. The van der Waals surface area contributed by atoms with Crippen molar-refractivity contribution in [3.63, 3.8) is 0 Å². The van der Waals surface area contributed by atoms with Crippen LogP contribution < -0.4 is 10.1 Å². The second kappa shape index (κ2) is 5.83. The molecule has 0 aliphatic carbocycles. The number of hydrogen-bond donors (Lipinski definition) is 1. The van der Waals surface area contributed by atoms with Gasteiger partial charge in [0.05, 0.1) is 18.1 Å². The standard InChI is InChI=1S/C16H23N3O/c1-3-8-19-15-5-4-13(20-2)10-14(15)18-16(19)9-12-6-7-17-11-12/h4-5,10,12,17H,3,6-9,11H2,1-2H3. The zero-order chi connectivity index (χ0) is 13.9. The molecule has 1 N–H and O–H groups in total. The van der Waals surface area contributed by atoms with Crippen molar-refractivity contribution in [3.8, 4) is 5.75 Å². The Morgan fingerprint density at radius 2 is 2.35 bits per heavy atom. The third-order valence-electron chi connectivity index (χ3n) is 4.12. The lowest BCUT2D eigenvalue weighted by Gasteiger charge is -2.11. The van der Waals surface area contributed by atoms with Gasteiger partial charge in [-0.15, -0.1) is 0 Å². The van der Waals surface area contributed by atoms with Gasteiger partial charge in [-0.2, -0.15) is 0 Å². The van der Waals surface area contributed by atoms with Gasteiger partial charge in [-0.05, 0) is 44.0 Å². The van der Waals surface area contributed by atoms with Crippen molar-refractivity contribution in [2.75, 3.05) is 20.2 Å². The van der Waals surface area contributed by atoms with Crippen LogP contribution in [0.5, 0.6) is 5.75 Å². The normalized spacial score (nSPS) is 18.8. The van der Waals surface area contributed by atoms with E-state index < -0.39 is 0 Å². The molecule has 0 amide bonds. The number of methoxy groups -OCH3 is 1. The van der Waals surface area contributed by atoms with Gasteiger partial charge in [0, 0.05) is 19.0 Å². The van der Waals surface area contributed by atoms with E-state index in [1.54, 1.807) is 7.11 Å². The lowest BCUT2D eigenvalue weighted by Crippen LogP contribution is -2.14. The summed E-state index contributed by atoms with van der Waals surface area (Å²) in [6.45, 7) is 5.53. The Balaban J connectivity index is 1.97. The molecule has 0 bridgehead atoms. The summed E-state index contributed by atoms with van der Waals surface area (Å²) in [6, 6.07) is 6.20. The predicted molar refractivity (Wildman–Crippen MR) is 81.3 cm³/mol. The molecular weight excluding hydrogens is 250 g/mol. The number of imidazole rings is 1. The molecule has 0 radical (unpaired) electrons. The molecule has 1 atom stereocenters. The van der Waals surface area contributed by atoms with Crippen molar-refractivity contribution in [1.29, 1.82) is 0 Å². The summed E-state index contributed by atoms with van der Waals surface area (Å²) in [6.07, 6.45) is 3.47. The highest BCUT2D eigenvalue weighted by Gasteiger charge is 2.19. The molecule has 0 spiro atoms. The number of ether oxygens (including phenoxy) is 1. The van der Waals surface area contributed by atoms with E-state index in [0.29, 0.717) is 0 Å². The van der Waals surface area contributed by atoms with Crippen LogP contribution in [0.2, 0.25) is 0 Å². The largest absolute Gasteiger partial charge is 0.497 e. The molecule has 108 valence electrons. The minimum Gasteiger partial charge on any atom is -0.497 e. The van der Waals surface area contributed by atoms with Crippen LogP contribution in [0.4, 0.5) is 0 Å². The molecule has 1 unspecified atom stereocenters. The minimum absolute atomic E-state index is 0.726. The van der Waals surface area contributed by atoms with Crippen LogP contribution in [0, 0.1) is 5.92 Å². The summed E-state index contributed by atoms with van der Waals surface area (Å²) in [5.74, 6) is 2.83. The third kappa shape index (κ3) is 2.52. The first-order chi connectivity index (χ1) is 9.81. The molecule has 0 saturated carbocycles. The number of aryl methyl sites for hydroxylation is 1. The summed E-state index contributed by atoms with van der Waals surface area (Å²) < 4.78 is 7.69. The first-order valence-corrected chi connectivity index (χ1v) is 7.55. The van der Waals surface area contributed by atoms with E-state index in [4.69, 9.17) is 9.72 Å². The average Bonchev–Trinajstić information content (AvgIpc) is 3.08. The van der Waals surface area contributed by atoms with Gasteiger partial charge >= 0.3 is 0 Å². The highest BCUT2D eigenvalue weighted by molar-refractivity contribution is 5.77. The molecular formula is C16H23N3O. The Labute approximate surface area is 120 Å². The summed E-state index contributed by atoms with van der Waals surface area (Å²) in [4.78, 5) is 4.86. The van der Waals surface area contributed by atoms with E-state index in [2.05, 4.69) is 22.9 Å². The van der Waals surface area contributed by atoms with Crippen molar-refractivity contribution in [3.05, 3.63) is 24.0 Å². The molecule has 2 heterocycles. The number of nitrogens with zero attached hydrogens (tertiary/aromatic N) is 2. The quantitative estimate of drug-likeness (QED) is 0.910. The molecule has 4 heteroatoms. The maximum atomic E-state index is 5.31. The van der Waals surface area contributed by atoms with Crippen molar-refractivity contribution >= 4 is 11.0 Å². The third-order valence-corrected chi connectivity index (χ3v) is 4.12. The lowest BCUT2D eigenvalue weighted by atomic mass is 10.0. The van der Waals surface area contributed by atoms with Crippen LogP contribution >= 0.6 is 0 Å². The Hall–Kier alpha value is -1.55. The fourth-order valence-electron chi connectivity index (χ4n) is 3.06. The number of rotatable bonds is 5. The Morgan fingerprint density at radius 1 is 1.45 bits per heavy atom. The first kappa shape index (κ1) is 13.4. The van der Waals surface area contributed by atoms with Gasteiger partial charge in [0.25, 0.3) is 0 Å². The van der Waals surface area contributed by atoms with Crippen LogP contribution in [-0.4, -0.2) is 29.8 Å². The smallest absolute Gasteiger partial charge is 0.121 e. The van der Waals surface area contributed by atoms with E-state index in [1.807, 2.05) is 12.1 Å². The van der Waals surface area contributed by atoms with E-state index in [0.717, 1.165) is 49.7 Å². The SMILES string of the molecule is CCCn1c(CC2CCNC2)nc2cc(OC)ccc21. The second-order valence-corrected chi connectivity index (χ2v) is 5.60. The fourth-order valence-corrected chi connectivity index (χ4v) is 3.06. The first-order valence-electron chi connectivity index (χ1n) is 7.55. The molecule has 20 heavy (non-hydrogen) atoms. The summed E-state index contributed by atoms with van der Waals surface area (Å²) in [7, 11) is 1.70. The highest BCUT2D eigenvalue weighted by atomic mass is 16.5. The van der Waals surface area contributed by atoms with E-state index in [-0.39, 0.29) is 0 Å². The Bertz CT molecular complexity index is 585. The van der Waals surface area contributed by atoms with Crippen LogP contribution in [0.1, 0.15) is 25.6 Å². The van der Waals surface area contributed by atoms with Crippen LogP contribution in [0.15, 0.2) is 18.2 Å². The van der Waals surface area contributed by atoms with Gasteiger partial charge in [0.15, 0.2) is 0 Å². The van der Waals surface area contributed by atoms with E-state index >= 15 is 0 Å². The van der Waals surface area contributed by atoms with Crippen molar-refractivity contribution in [2.45, 2.75) is 32.7 Å². The van der Waals surface area contributed by atoms with Crippen molar-refractivity contribution in [2.24, 2.45) is 5.92 Å². The average molecular weight is 273 g/mol. The molecule has 1 aromatic carbocycles. The molecule has 3 rings (SSSR count). The number of aromatic nitrogens is 2. The zero-order valence-corrected chi connectivity index (χ0v) is 12.4. The van der Waals surface area contributed by atoms with Gasteiger partial charge in [-0.3, -0.25) is 0 Å². The van der Waals surface area contributed by atoms with Gasteiger partial charge in [0.2, 0.25) is 0 Å². The summed E-state index contributed by atoms with van der Waals surface area (Å²) in [5, 5.41) is 3.44. The number of nitrogens with one attached hydrogen (secondary N) is 1.